The Morgan fingerprint density at radius 1 is 1.19 bits per heavy atom. The van der Waals surface area contributed by atoms with Crippen LogP contribution in [0.5, 0.6) is 0 Å². The van der Waals surface area contributed by atoms with Crippen LogP contribution in [0.4, 0.5) is 0 Å². The van der Waals surface area contributed by atoms with E-state index in [1.807, 2.05) is 6.07 Å². The van der Waals surface area contributed by atoms with Crippen LogP contribution in [-0.4, -0.2) is 10.9 Å². The minimum atomic E-state index is 0.0109. The summed E-state index contributed by atoms with van der Waals surface area (Å²) in [6.07, 6.45) is 4.85. The van der Waals surface area contributed by atoms with Crippen molar-refractivity contribution in [2.45, 2.75) is 58.7 Å². The Labute approximate surface area is 146 Å². The van der Waals surface area contributed by atoms with E-state index in [-0.39, 0.29) is 5.60 Å². The maximum absolute atomic E-state index is 6.37. The van der Waals surface area contributed by atoms with E-state index in [2.05, 4.69) is 70.8 Å². The molecule has 0 aromatic heterocycles. The molecule has 0 bridgehead atoms. The lowest BCUT2D eigenvalue weighted by atomic mass is 9.69. The molecule has 0 spiro atoms. The smallest absolute Gasteiger partial charge is 0.0783 e. The predicted octanol–water partition coefficient (Wildman–Crippen LogP) is 6.34. The van der Waals surface area contributed by atoms with E-state index in [0.29, 0.717) is 12.0 Å². The Hall–Kier alpha value is 0.140. The summed E-state index contributed by atoms with van der Waals surface area (Å²) in [7, 11) is 0. The maximum Gasteiger partial charge on any atom is 0.0783 e. The highest BCUT2D eigenvalue weighted by Crippen LogP contribution is 2.43. The largest absolute Gasteiger partial charge is 0.369 e. The molecule has 2 rings (SSSR count). The van der Waals surface area contributed by atoms with Crippen molar-refractivity contribution in [1.82, 2.24) is 0 Å². The van der Waals surface area contributed by atoms with Gasteiger partial charge in [0.15, 0.2) is 0 Å². The quantitative estimate of drug-likeness (QED) is 0.519. The Morgan fingerprint density at radius 3 is 2.33 bits per heavy atom. The topological polar surface area (TPSA) is 9.23 Å². The zero-order valence-corrected chi connectivity index (χ0v) is 16.5. The second-order valence-corrected chi connectivity index (χ2v) is 8.75. The second-order valence-electron chi connectivity index (χ2n) is 7.34. The summed E-state index contributed by atoms with van der Waals surface area (Å²) in [5, 5.41) is 0.932. The summed E-state index contributed by atoms with van der Waals surface area (Å²) >= 11 is 7.30. The third-order valence-electron chi connectivity index (χ3n) is 4.86. The number of hydrogen-bond donors (Lipinski definition) is 0. The monoisotopic (exact) mass is 416 g/mol. The molecule has 1 fully saturated rings. The van der Waals surface area contributed by atoms with Crippen molar-refractivity contribution in [3.05, 3.63) is 34.3 Å². The zero-order chi connectivity index (χ0) is 15.5. The van der Waals surface area contributed by atoms with Crippen molar-refractivity contribution in [2.75, 3.05) is 5.33 Å². The van der Waals surface area contributed by atoms with Crippen LogP contribution in [0.3, 0.4) is 0 Å². The van der Waals surface area contributed by atoms with Crippen molar-refractivity contribution in [3.8, 4) is 0 Å². The summed E-state index contributed by atoms with van der Waals surface area (Å²) in [5.41, 5.74) is 1.66. The molecule has 1 nitrogen and oxygen atoms in total. The Morgan fingerprint density at radius 2 is 1.81 bits per heavy atom. The molecule has 0 radical (unpaired) electrons. The number of benzene rings is 1. The fourth-order valence-corrected chi connectivity index (χ4v) is 4.29. The van der Waals surface area contributed by atoms with Crippen molar-refractivity contribution >= 4 is 31.9 Å². The summed E-state index contributed by atoms with van der Waals surface area (Å²) in [6, 6.07) is 8.33. The van der Waals surface area contributed by atoms with Crippen LogP contribution in [0.1, 0.15) is 52.0 Å². The Balaban J connectivity index is 1.96. The third kappa shape index (κ3) is 4.56. The predicted molar refractivity (Wildman–Crippen MR) is 96.9 cm³/mol. The number of alkyl halides is 1. The molecule has 0 aliphatic heterocycles. The first kappa shape index (κ1) is 17.5. The summed E-state index contributed by atoms with van der Waals surface area (Å²) in [5.74, 6) is 0.816. The lowest BCUT2D eigenvalue weighted by molar-refractivity contribution is -0.0785. The van der Waals surface area contributed by atoms with Gasteiger partial charge in [0.2, 0.25) is 0 Å². The van der Waals surface area contributed by atoms with Gasteiger partial charge < -0.3 is 4.74 Å². The first-order chi connectivity index (χ1) is 9.86. The summed E-state index contributed by atoms with van der Waals surface area (Å²) in [6.45, 7) is 7.77. The van der Waals surface area contributed by atoms with Crippen molar-refractivity contribution in [1.29, 1.82) is 0 Å². The molecule has 0 saturated heterocycles. The van der Waals surface area contributed by atoms with Gasteiger partial charge in [0.1, 0.15) is 0 Å². The van der Waals surface area contributed by atoms with Crippen molar-refractivity contribution in [3.63, 3.8) is 0 Å². The molecule has 3 heteroatoms. The number of hydrogen-bond acceptors (Lipinski definition) is 1. The lowest BCUT2D eigenvalue weighted by Crippen LogP contribution is -2.41. The van der Waals surface area contributed by atoms with E-state index in [1.54, 1.807) is 0 Å². The van der Waals surface area contributed by atoms with Crippen molar-refractivity contribution in [2.24, 2.45) is 11.3 Å². The highest BCUT2D eigenvalue weighted by Gasteiger charge is 2.38. The number of halogens is 2. The summed E-state index contributed by atoms with van der Waals surface area (Å²) in [4.78, 5) is 0. The zero-order valence-electron chi connectivity index (χ0n) is 13.3. The van der Waals surface area contributed by atoms with Crippen LogP contribution < -0.4 is 0 Å². The fraction of sp³-hybridized carbons (Fsp3) is 0.667. The van der Waals surface area contributed by atoms with Gasteiger partial charge in [-0.15, -0.1) is 0 Å². The standard InChI is InChI=1S/C18H26Br2O/c1-17(2,3)15-8-10-18(13-19,11-9-15)21-12-14-6-4-5-7-16(14)20/h4-7,15H,8-13H2,1-3H3. The second kappa shape index (κ2) is 7.14. The third-order valence-corrected chi connectivity index (χ3v) is 6.65. The van der Waals surface area contributed by atoms with Crippen LogP contribution in [0, 0.1) is 11.3 Å². The molecule has 1 saturated carbocycles. The molecule has 0 N–H and O–H groups in total. The fourth-order valence-electron chi connectivity index (χ4n) is 3.17. The molecular formula is C18H26Br2O. The lowest BCUT2D eigenvalue weighted by Gasteiger charge is -2.43. The van der Waals surface area contributed by atoms with Crippen LogP contribution in [0.2, 0.25) is 0 Å². The normalized spacial score (nSPS) is 26.8. The van der Waals surface area contributed by atoms with E-state index >= 15 is 0 Å². The first-order valence-electron chi connectivity index (χ1n) is 7.80. The van der Waals surface area contributed by atoms with Gasteiger partial charge in [-0.3, -0.25) is 0 Å². The highest BCUT2D eigenvalue weighted by atomic mass is 79.9. The molecule has 0 heterocycles. The molecule has 0 amide bonds. The van der Waals surface area contributed by atoms with Gasteiger partial charge in [-0.1, -0.05) is 70.8 Å². The van der Waals surface area contributed by atoms with Crippen LogP contribution in [-0.2, 0) is 11.3 Å². The highest BCUT2D eigenvalue weighted by molar-refractivity contribution is 9.10. The Kier molecular flexibility index (Phi) is 5.95. The molecule has 118 valence electrons. The van der Waals surface area contributed by atoms with Crippen molar-refractivity contribution < 1.29 is 4.74 Å². The SMILES string of the molecule is CC(C)(C)C1CCC(CBr)(OCc2ccccc2Br)CC1. The molecule has 1 aliphatic carbocycles. The molecule has 1 aromatic carbocycles. The molecule has 1 aromatic rings. The summed E-state index contributed by atoms with van der Waals surface area (Å²) < 4.78 is 7.51. The van der Waals surface area contributed by atoms with Gasteiger partial charge in [0.25, 0.3) is 0 Å². The Bertz CT molecular complexity index is 457. The van der Waals surface area contributed by atoms with E-state index < -0.39 is 0 Å². The van der Waals surface area contributed by atoms with Gasteiger partial charge in [-0.05, 0) is 48.6 Å². The van der Waals surface area contributed by atoms with E-state index in [0.717, 1.165) is 28.6 Å². The van der Waals surface area contributed by atoms with Crippen LogP contribution in [0.15, 0.2) is 28.7 Å². The molecule has 1 aliphatic rings. The number of rotatable bonds is 4. The average Bonchev–Trinajstić information content (AvgIpc) is 2.46. The van der Waals surface area contributed by atoms with Gasteiger partial charge in [0, 0.05) is 9.80 Å². The van der Waals surface area contributed by atoms with E-state index in [4.69, 9.17) is 4.74 Å². The first-order valence-corrected chi connectivity index (χ1v) is 9.71. The average molecular weight is 418 g/mol. The molecule has 21 heavy (non-hydrogen) atoms. The van der Waals surface area contributed by atoms with Gasteiger partial charge in [-0.25, -0.2) is 0 Å². The van der Waals surface area contributed by atoms with E-state index in [9.17, 15) is 0 Å². The van der Waals surface area contributed by atoms with E-state index in [1.165, 1.54) is 18.4 Å². The van der Waals surface area contributed by atoms with Crippen LogP contribution >= 0.6 is 31.9 Å². The minimum absolute atomic E-state index is 0.0109. The number of ether oxygens (including phenoxy) is 1. The van der Waals surface area contributed by atoms with Gasteiger partial charge in [0.05, 0.1) is 12.2 Å². The molecule has 0 atom stereocenters. The molecule has 0 unspecified atom stereocenters. The molecular weight excluding hydrogens is 392 g/mol. The minimum Gasteiger partial charge on any atom is -0.369 e. The van der Waals surface area contributed by atoms with Gasteiger partial charge >= 0.3 is 0 Å². The van der Waals surface area contributed by atoms with Gasteiger partial charge in [-0.2, -0.15) is 0 Å². The van der Waals surface area contributed by atoms with Crippen LogP contribution in [0.25, 0.3) is 0 Å². The maximum atomic E-state index is 6.37.